The van der Waals surface area contributed by atoms with Crippen molar-refractivity contribution in [1.82, 2.24) is 0 Å². The van der Waals surface area contributed by atoms with Gasteiger partial charge in [0.15, 0.2) is 5.78 Å². The first-order chi connectivity index (χ1) is 13.4. The van der Waals surface area contributed by atoms with Crippen LogP contribution < -0.4 is 0 Å². The van der Waals surface area contributed by atoms with Gasteiger partial charge in [-0.3, -0.25) is 4.79 Å². The molecule has 5 rings (SSSR count). The van der Waals surface area contributed by atoms with Crippen molar-refractivity contribution >= 4 is 5.78 Å². The van der Waals surface area contributed by atoms with E-state index in [0.29, 0.717) is 24.0 Å². The quantitative estimate of drug-likeness (QED) is 0.726. The Morgan fingerprint density at radius 1 is 1.11 bits per heavy atom. The van der Waals surface area contributed by atoms with E-state index in [-0.39, 0.29) is 23.2 Å². The Morgan fingerprint density at radius 3 is 2.71 bits per heavy atom. The van der Waals surface area contributed by atoms with Crippen LogP contribution in [0.25, 0.3) is 0 Å². The molecule has 4 aliphatic carbocycles. The van der Waals surface area contributed by atoms with E-state index < -0.39 is 0 Å². The molecule has 3 nitrogen and oxygen atoms in total. The number of fused-ring (bicyclic) bond motifs is 4. The lowest BCUT2D eigenvalue weighted by Crippen LogP contribution is -2.45. The SMILES string of the molecule is Cc1cc(C2CC3(C)C(O)CCC3C3CCC4=CC(=O)CCC4=C23)ccc1O. The zero-order valence-corrected chi connectivity index (χ0v) is 16.9. The molecular weight excluding hydrogens is 348 g/mol. The van der Waals surface area contributed by atoms with Crippen LogP contribution in [0.2, 0.25) is 0 Å². The first-order valence-electron chi connectivity index (χ1n) is 10.8. The molecule has 148 valence electrons. The van der Waals surface area contributed by atoms with Crippen LogP contribution in [0.5, 0.6) is 5.75 Å². The van der Waals surface area contributed by atoms with E-state index in [4.69, 9.17) is 0 Å². The number of aliphatic hydroxyl groups excluding tert-OH is 1. The maximum Gasteiger partial charge on any atom is 0.156 e. The average molecular weight is 379 g/mol. The van der Waals surface area contributed by atoms with Crippen LogP contribution in [-0.4, -0.2) is 22.1 Å². The minimum atomic E-state index is -0.227. The van der Waals surface area contributed by atoms with Crippen molar-refractivity contribution < 1.29 is 15.0 Å². The maximum absolute atomic E-state index is 12.0. The van der Waals surface area contributed by atoms with Crippen molar-refractivity contribution in [2.24, 2.45) is 17.3 Å². The van der Waals surface area contributed by atoms with E-state index in [1.165, 1.54) is 16.7 Å². The minimum Gasteiger partial charge on any atom is -0.508 e. The Morgan fingerprint density at radius 2 is 1.93 bits per heavy atom. The third-order valence-electron chi connectivity index (χ3n) is 8.30. The highest BCUT2D eigenvalue weighted by molar-refractivity contribution is 5.93. The van der Waals surface area contributed by atoms with Gasteiger partial charge in [0, 0.05) is 12.3 Å². The van der Waals surface area contributed by atoms with Crippen molar-refractivity contribution in [3.05, 3.63) is 52.1 Å². The van der Waals surface area contributed by atoms with E-state index in [9.17, 15) is 15.0 Å². The molecule has 0 aliphatic heterocycles. The Balaban J connectivity index is 1.69. The number of hydrogen-bond acceptors (Lipinski definition) is 3. The van der Waals surface area contributed by atoms with Gasteiger partial charge in [-0.15, -0.1) is 0 Å². The summed E-state index contributed by atoms with van der Waals surface area (Å²) in [6.07, 6.45) is 8.24. The molecule has 4 aliphatic rings. The topological polar surface area (TPSA) is 57.5 Å². The van der Waals surface area contributed by atoms with Crippen molar-refractivity contribution in [2.45, 2.75) is 70.8 Å². The lowest BCUT2D eigenvalue weighted by Gasteiger charge is -2.52. The number of hydrogen-bond donors (Lipinski definition) is 2. The van der Waals surface area contributed by atoms with E-state index in [1.807, 2.05) is 19.1 Å². The molecule has 0 heterocycles. The van der Waals surface area contributed by atoms with E-state index in [0.717, 1.165) is 44.1 Å². The van der Waals surface area contributed by atoms with Crippen molar-refractivity contribution in [3.63, 3.8) is 0 Å². The van der Waals surface area contributed by atoms with Crippen molar-refractivity contribution in [2.75, 3.05) is 0 Å². The normalized spacial score (nSPS) is 37.2. The molecule has 0 radical (unpaired) electrons. The monoisotopic (exact) mass is 378 g/mol. The van der Waals surface area contributed by atoms with Gasteiger partial charge in [-0.05, 0) is 97.1 Å². The summed E-state index contributed by atoms with van der Waals surface area (Å²) in [5, 5.41) is 20.9. The second kappa shape index (κ2) is 6.32. The number of carbonyl (C=O) groups excluding carboxylic acids is 1. The molecule has 0 bridgehead atoms. The summed E-state index contributed by atoms with van der Waals surface area (Å²) in [5.74, 6) is 1.93. The second-order valence-corrected chi connectivity index (χ2v) is 9.72. The van der Waals surface area contributed by atoms with Gasteiger partial charge >= 0.3 is 0 Å². The predicted molar refractivity (Wildman–Crippen MR) is 109 cm³/mol. The van der Waals surface area contributed by atoms with Crippen LogP contribution in [0, 0.1) is 24.2 Å². The van der Waals surface area contributed by atoms with E-state index in [2.05, 4.69) is 19.1 Å². The number of benzene rings is 1. The van der Waals surface area contributed by atoms with Gasteiger partial charge in [-0.2, -0.15) is 0 Å². The largest absolute Gasteiger partial charge is 0.508 e. The summed E-state index contributed by atoms with van der Waals surface area (Å²) in [6, 6.07) is 6.00. The fraction of sp³-hybridized carbons (Fsp3) is 0.560. The van der Waals surface area contributed by atoms with Crippen LogP contribution in [0.3, 0.4) is 0 Å². The molecule has 3 heteroatoms. The number of ketones is 1. The fourth-order valence-corrected chi connectivity index (χ4v) is 6.83. The summed E-state index contributed by atoms with van der Waals surface area (Å²) >= 11 is 0. The average Bonchev–Trinajstić information content (AvgIpc) is 2.97. The maximum atomic E-state index is 12.0. The number of aryl methyl sites for hydroxylation is 1. The Bertz CT molecular complexity index is 908. The van der Waals surface area contributed by atoms with E-state index >= 15 is 0 Å². The number of phenols is 1. The van der Waals surface area contributed by atoms with Crippen LogP contribution in [-0.2, 0) is 4.79 Å². The molecule has 0 spiro atoms. The molecule has 1 aromatic rings. The number of phenolic OH excluding ortho intramolecular Hbond substituents is 1. The van der Waals surface area contributed by atoms with Gasteiger partial charge in [0.2, 0.25) is 0 Å². The molecular formula is C25H30O3. The highest BCUT2D eigenvalue weighted by atomic mass is 16.3. The molecule has 1 aromatic carbocycles. The number of carbonyl (C=O) groups is 1. The number of allylic oxidation sites excluding steroid dienone is 4. The zero-order chi connectivity index (χ0) is 19.6. The summed E-state index contributed by atoms with van der Waals surface area (Å²) in [5.41, 5.74) is 6.37. The van der Waals surface area contributed by atoms with Crippen LogP contribution >= 0.6 is 0 Å². The lowest BCUT2D eigenvalue weighted by atomic mass is 9.53. The molecule has 0 amide bonds. The third kappa shape index (κ3) is 2.55. The van der Waals surface area contributed by atoms with Crippen molar-refractivity contribution in [1.29, 1.82) is 0 Å². The predicted octanol–water partition coefficient (Wildman–Crippen LogP) is 4.96. The molecule has 5 atom stereocenters. The van der Waals surface area contributed by atoms with Gasteiger partial charge in [0.1, 0.15) is 5.75 Å². The molecule has 2 N–H and O–H groups in total. The van der Waals surface area contributed by atoms with Crippen LogP contribution in [0.4, 0.5) is 0 Å². The third-order valence-corrected chi connectivity index (χ3v) is 8.30. The lowest BCUT2D eigenvalue weighted by molar-refractivity contribution is -0.114. The standard InChI is InChI=1S/C25H30O3/c1-14-11-15(4-9-22(14)27)20-13-25(2)21(8-10-23(25)28)19-6-3-16-12-17(26)5-7-18(16)24(19)20/h4,9,11-12,19-21,23,27-28H,3,5-8,10,13H2,1-2H3. The minimum absolute atomic E-state index is 0.0448. The van der Waals surface area contributed by atoms with Crippen LogP contribution in [0.15, 0.2) is 41.0 Å². The molecule has 2 fully saturated rings. The highest BCUT2D eigenvalue weighted by Gasteiger charge is 2.56. The number of aliphatic hydroxyl groups is 1. The van der Waals surface area contributed by atoms with Gasteiger partial charge in [-0.1, -0.05) is 24.6 Å². The first-order valence-corrected chi connectivity index (χ1v) is 10.8. The molecule has 0 aromatic heterocycles. The molecule has 0 saturated heterocycles. The molecule has 28 heavy (non-hydrogen) atoms. The number of aromatic hydroxyl groups is 1. The smallest absolute Gasteiger partial charge is 0.156 e. The van der Waals surface area contributed by atoms with Gasteiger partial charge in [0.05, 0.1) is 6.10 Å². The highest BCUT2D eigenvalue weighted by Crippen LogP contribution is 2.63. The summed E-state index contributed by atoms with van der Waals surface area (Å²) in [4.78, 5) is 12.0. The van der Waals surface area contributed by atoms with Gasteiger partial charge in [0.25, 0.3) is 0 Å². The van der Waals surface area contributed by atoms with Gasteiger partial charge in [-0.25, -0.2) is 0 Å². The summed E-state index contributed by atoms with van der Waals surface area (Å²) in [6.45, 7) is 4.25. The number of rotatable bonds is 1. The van der Waals surface area contributed by atoms with Crippen molar-refractivity contribution in [3.8, 4) is 5.75 Å². The zero-order valence-electron chi connectivity index (χ0n) is 16.9. The van der Waals surface area contributed by atoms with E-state index in [1.54, 1.807) is 5.57 Å². The van der Waals surface area contributed by atoms with Gasteiger partial charge < -0.3 is 10.2 Å². The fourth-order valence-electron chi connectivity index (χ4n) is 6.83. The summed E-state index contributed by atoms with van der Waals surface area (Å²) < 4.78 is 0. The first kappa shape index (κ1) is 18.2. The molecule has 2 saturated carbocycles. The second-order valence-electron chi connectivity index (χ2n) is 9.72. The Kier molecular flexibility index (Phi) is 4.10. The Labute approximate surface area is 167 Å². The molecule has 5 unspecified atom stereocenters. The Hall–Kier alpha value is -1.87. The van der Waals surface area contributed by atoms with Crippen LogP contribution in [0.1, 0.15) is 68.9 Å². The summed E-state index contributed by atoms with van der Waals surface area (Å²) in [7, 11) is 0.